The van der Waals surface area contributed by atoms with E-state index in [9.17, 15) is 9.59 Å². The first-order valence-corrected chi connectivity index (χ1v) is 14.2. The Morgan fingerprint density at radius 2 is 1.95 bits per heavy atom. The molecule has 10 heteroatoms. The van der Waals surface area contributed by atoms with Gasteiger partial charge in [0.2, 0.25) is 11.8 Å². The third-order valence-corrected chi connectivity index (χ3v) is 8.58. The molecule has 4 atom stereocenters. The van der Waals surface area contributed by atoms with E-state index in [1.807, 2.05) is 6.07 Å². The van der Waals surface area contributed by atoms with Crippen LogP contribution in [0.3, 0.4) is 0 Å². The normalized spacial score (nSPS) is 27.0. The predicted molar refractivity (Wildman–Crippen MR) is 151 cm³/mol. The first-order chi connectivity index (χ1) is 18.5. The van der Waals surface area contributed by atoms with E-state index in [2.05, 4.69) is 41.6 Å². The fourth-order valence-electron chi connectivity index (χ4n) is 6.42. The van der Waals surface area contributed by atoms with Crippen LogP contribution in [0.25, 0.3) is 0 Å². The van der Waals surface area contributed by atoms with Crippen molar-refractivity contribution in [3.05, 3.63) is 63.4 Å². The molecular weight excluding hydrogens is 542 g/mol. The molecule has 3 heterocycles. The van der Waals surface area contributed by atoms with Gasteiger partial charge in [-0.15, -0.1) is 0 Å². The Kier molecular flexibility index (Phi) is 7.97. The van der Waals surface area contributed by atoms with Crippen molar-refractivity contribution in [1.29, 1.82) is 0 Å². The van der Waals surface area contributed by atoms with Gasteiger partial charge in [-0.05, 0) is 41.2 Å². The van der Waals surface area contributed by atoms with Crippen LogP contribution in [0.15, 0.2) is 36.4 Å². The van der Waals surface area contributed by atoms with Gasteiger partial charge in [-0.25, -0.2) is 4.39 Å². The van der Waals surface area contributed by atoms with Gasteiger partial charge in [0.25, 0.3) is 0 Å². The summed E-state index contributed by atoms with van der Waals surface area (Å²) in [5, 5.41) is 9.98. The summed E-state index contributed by atoms with van der Waals surface area (Å²) < 4.78 is 21.2. The Bertz CT molecular complexity index is 1260. The first kappa shape index (κ1) is 28.3. The molecule has 2 fully saturated rings. The number of hydrogen-bond donors (Lipinski definition) is 3. The van der Waals surface area contributed by atoms with Gasteiger partial charge in [0, 0.05) is 48.8 Å². The summed E-state index contributed by atoms with van der Waals surface area (Å²) in [4.78, 5) is 30.2. The number of ether oxygens (including phenoxy) is 1. The van der Waals surface area contributed by atoms with E-state index in [1.54, 1.807) is 24.3 Å². The van der Waals surface area contributed by atoms with Crippen molar-refractivity contribution in [2.24, 2.45) is 5.41 Å². The highest BCUT2D eigenvalue weighted by atomic mass is 35.5. The van der Waals surface area contributed by atoms with Gasteiger partial charge < -0.3 is 20.7 Å². The van der Waals surface area contributed by atoms with Crippen LogP contribution in [0.1, 0.15) is 44.2 Å². The van der Waals surface area contributed by atoms with Gasteiger partial charge in [0.05, 0.1) is 24.3 Å². The Balaban J connectivity index is 1.59. The molecule has 2 aromatic rings. The topological polar surface area (TPSA) is 82.7 Å². The average Bonchev–Trinajstić information content (AvgIpc) is 3.35. The Labute approximate surface area is 238 Å². The molecule has 3 N–H and O–H groups in total. The minimum absolute atomic E-state index is 0.0527. The zero-order valence-corrected chi connectivity index (χ0v) is 24.0. The molecule has 210 valence electrons. The van der Waals surface area contributed by atoms with Gasteiger partial charge in [-0.2, -0.15) is 0 Å². The van der Waals surface area contributed by atoms with E-state index in [4.69, 9.17) is 27.9 Å². The lowest BCUT2D eigenvalue weighted by Gasteiger charge is -2.37. The lowest BCUT2D eigenvalue weighted by Crippen LogP contribution is -2.49. The molecule has 2 saturated heterocycles. The Morgan fingerprint density at radius 1 is 1.21 bits per heavy atom. The molecule has 0 radical (unpaired) electrons. The van der Waals surface area contributed by atoms with Crippen LogP contribution < -0.4 is 16.0 Å². The van der Waals surface area contributed by atoms with Crippen molar-refractivity contribution in [2.45, 2.75) is 50.6 Å². The highest BCUT2D eigenvalue weighted by Gasteiger charge is 2.66. The van der Waals surface area contributed by atoms with E-state index >= 15 is 4.39 Å². The van der Waals surface area contributed by atoms with E-state index < -0.39 is 29.2 Å². The van der Waals surface area contributed by atoms with Gasteiger partial charge in [0.1, 0.15) is 11.2 Å². The lowest BCUT2D eigenvalue weighted by atomic mass is 9.62. The third-order valence-electron chi connectivity index (χ3n) is 8.05. The summed E-state index contributed by atoms with van der Waals surface area (Å²) in [5.41, 5.74) is 0.0582. The largest absolute Gasteiger partial charge is 0.379 e. The van der Waals surface area contributed by atoms with Crippen LogP contribution >= 0.6 is 23.2 Å². The van der Waals surface area contributed by atoms with E-state index in [0.29, 0.717) is 49.0 Å². The van der Waals surface area contributed by atoms with Crippen LogP contribution in [-0.4, -0.2) is 68.2 Å². The van der Waals surface area contributed by atoms with Crippen molar-refractivity contribution in [1.82, 2.24) is 15.5 Å². The maximum Gasteiger partial charge on any atom is 0.237 e. The van der Waals surface area contributed by atoms with Crippen LogP contribution in [0, 0.1) is 11.2 Å². The molecule has 3 aliphatic rings. The molecule has 0 aromatic heterocycles. The van der Waals surface area contributed by atoms with Gasteiger partial charge in [-0.1, -0.05) is 62.2 Å². The van der Waals surface area contributed by atoms with E-state index in [-0.39, 0.29) is 27.8 Å². The zero-order chi connectivity index (χ0) is 27.9. The van der Waals surface area contributed by atoms with E-state index in [0.717, 1.165) is 13.1 Å². The summed E-state index contributed by atoms with van der Waals surface area (Å²) in [7, 11) is 0. The molecule has 0 aliphatic carbocycles. The Morgan fingerprint density at radius 3 is 2.67 bits per heavy atom. The highest BCUT2D eigenvalue weighted by Crippen LogP contribution is 2.57. The standard InChI is InChI=1S/C29H35Cl2FN4O3/c1-28(2,3)16-22-29(19-8-7-17(30)15-21(19)34-27(29)38)23(18-5-4-6-20(31)24(18)32)25(35-22)26(37)33-9-10-36-11-13-39-14-12-36/h4-8,15,22-23,25,35H,9-14,16H2,1-3H3,(H,33,37)(H,34,38)/t22-,23-,25+,29-/m0/s1. The molecule has 7 nitrogen and oxygen atoms in total. The van der Waals surface area contributed by atoms with Crippen molar-refractivity contribution < 1.29 is 18.7 Å². The van der Waals surface area contributed by atoms with Crippen molar-refractivity contribution in [3.8, 4) is 0 Å². The number of carbonyl (C=O) groups is 2. The number of anilines is 1. The van der Waals surface area contributed by atoms with Gasteiger partial charge in [0.15, 0.2) is 0 Å². The smallest absolute Gasteiger partial charge is 0.237 e. The average molecular weight is 578 g/mol. The number of morpholine rings is 1. The number of hydrogen-bond acceptors (Lipinski definition) is 5. The van der Waals surface area contributed by atoms with Crippen LogP contribution in [0.5, 0.6) is 0 Å². The molecule has 5 rings (SSSR count). The molecule has 0 bridgehead atoms. The van der Waals surface area contributed by atoms with Crippen molar-refractivity contribution in [3.63, 3.8) is 0 Å². The lowest BCUT2D eigenvalue weighted by molar-refractivity contribution is -0.124. The fourth-order valence-corrected chi connectivity index (χ4v) is 6.78. The molecule has 2 aromatic carbocycles. The summed E-state index contributed by atoms with van der Waals surface area (Å²) in [6, 6.07) is 8.69. The predicted octanol–water partition coefficient (Wildman–Crippen LogP) is 4.33. The summed E-state index contributed by atoms with van der Waals surface area (Å²) in [6.45, 7) is 10.3. The fraction of sp³-hybridized carbons (Fsp3) is 0.517. The van der Waals surface area contributed by atoms with Crippen molar-refractivity contribution in [2.75, 3.05) is 44.7 Å². The maximum atomic E-state index is 15.8. The number of halogens is 3. The van der Waals surface area contributed by atoms with Crippen LogP contribution in [0.4, 0.5) is 10.1 Å². The summed E-state index contributed by atoms with van der Waals surface area (Å²) in [5.74, 6) is -2.04. The minimum atomic E-state index is -1.26. The monoisotopic (exact) mass is 576 g/mol. The SMILES string of the molecule is CC(C)(C)C[C@@H]1N[C@@H](C(=O)NCCN2CCOCC2)[C@H](c2cccc(Cl)c2F)[C@@]12C(=O)Nc1cc(Cl)ccc12. The number of carbonyl (C=O) groups excluding carboxylic acids is 2. The number of fused-ring (bicyclic) bond motifs is 2. The number of nitrogens with zero attached hydrogens (tertiary/aromatic N) is 1. The molecule has 2 amide bonds. The van der Waals surface area contributed by atoms with Crippen LogP contribution in [-0.2, 0) is 19.7 Å². The zero-order valence-electron chi connectivity index (χ0n) is 22.5. The van der Waals surface area contributed by atoms with E-state index in [1.165, 1.54) is 6.07 Å². The summed E-state index contributed by atoms with van der Waals surface area (Å²) >= 11 is 12.5. The minimum Gasteiger partial charge on any atom is -0.379 e. The Hall–Kier alpha value is -2.23. The number of nitrogens with one attached hydrogen (secondary N) is 3. The number of rotatable bonds is 6. The molecule has 0 saturated carbocycles. The second kappa shape index (κ2) is 11.0. The first-order valence-electron chi connectivity index (χ1n) is 13.4. The molecular formula is C29H35Cl2FN4O3. The third kappa shape index (κ3) is 5.30. The molecule has 1 spiro atoms. The van der Waals surface area contributed by atoms with Gasteiger partial charge >= 0.3 is 0 Å². The number of amides is 2. The maximum absolute atomic E-state index is 15.8. The highest BCUT2D eigenvalue weighted by molar-refractivity contribution is 6.31. The number of benzene rings is 2. The second-order valence-electron chi connectivity index (χ2n) is 11.8. The quantitative estimate of drug-likeness (QED) is 0.477. The molecule has 3 aliphatic heterocycles. The van der Waals surface area contributed by atoms with Crippen molar-refractivity contribution >= 4 is 40.7 Å². The van der Waals surface area contributed by atoms with Crippen LogP contribution in [0.2, 0.25) is 10.0 Å². The molecule has 0 unspecified atom stereocenters. The molecule has 39 heavy (non-hydrogen) atoms. The van der Waals surface area contributed by atoms with Gasteiger partial charge in [-0.3, -0.25) is 14.5 Å². The summed E-state index contributed by atoms with van der Waals surface area (Å²) in [6.07, 6.45) is 0.568. The second-order valence-corrected chi connectivity index (χ2v) is 12.7.